The quantitative estimate of drug-likeness (QED) is 0.726. The zero-order valence-electron chi connectivity index (χ0n) is 12.1. The monoisotopic (exact) mass is 297 g/mol. The van der Waals surface area contributed by atoms with Crippen LogP contribution < -0.4 is 16.2 Å². The Morgan fingerprint density at radius 3 is 2.73 bits per heavy atom. The molecule has 0 amide bonds. The van der Waals surface area contributed by atoms with Crippen molar-refractivity contribution in [2.75, 3.05) is 11.5 Å². The van der Waals surface area contributed by atoms with Crippen molar-refractivity contribution >= 4 is 22.3 Å². The largest absolute Gasteiger partial charge is 0.485 e. The molecule has 0 bridgehead atoms. The van der Waals surface area contributed by atoms with Crippen molar-refractivity contribution in [3.63, 3.8) is 0 Å². The maximum Gasteiger partial charge on any atom is 0.145 e. The van der Waals surface area contributed by atoms with E-state index in [9.17, 15) is 4.39 Å². The number of hydrogen-bond donors (Lipinski definition) is 2. The van der Waals surface area contributed by atoms with Crippen molar-refractivity contribution < 1.29 is 9.13 Å². The molecule has 4 N–H and O–H groups in total. The smallest absolute Gasteiger partial charge is 0.145 e. The molecule has 0 aliphatic rings. The molecule has 0 spiro atoms. The molecule has 0 saturated heterocycles. The molecular formula is C17H16FN3O. The van der Waals surface area contributed by atoms with E-state index in [-0.39, 0.29) is 12.4 Å². The van der Waals surface area contributed by atoms with Gasteiger partial charge in [-0.05, 0) is 30.7 Å². The summed E-state index contributed by atoms with van der Waals surface area (Å²) < 4.78 is 19.2. The summed E-state index contributed by atoms with van der Waals surface area (Å²) >= 11 is 0. The number of pyridine rings is 1. The molecule has 1 heterocycles. The Balaban J connectivity index is 1.85. The standard InChI is InChI=1S/C17H16FN3O/c1-10-7-15(20)16(8-13(10)18)22-9-12-6-5-11-3-2-4-14(19)17(11)21-12/h2-8H,9,19-20H2,1H3. The SMILES string of the molecule is Cc1cc(N)c(OCc2ccc3cccc(N)c3n2)cc1F. The first-order chi connectivity index (χ1) is 10.5. The molecule has 3 rings (SSSR count). The van der Waals surface area contributed by atoms with Crippen LogP contribution in [0.5, 0.6) is 5.75 Å². The Morgan fingerprint density at radius 2 is 1.91 bits per heavy atom. The molecule has 1 aromatic heterocycles. The number of para-hydroxylation sites is 1. The lowest BCUT2D eigenvalue weighted by molar-refractivity contribution is 0.302. The van der Waals surface area contributed by atoms with Crippen molar-refractivity contribution in [3.05, 3.63) is 59.5 Å². The summed E-state index contributed by atoms with van der Waals surface area (Å²) in [4.78, 5) is 4.47. The first-order valence-electron chi connectivity index (χ1n) is 6.87. The highest BCUT2D eigenvalue weighted by atomic mass is 19.1. The lowest BCUT2D eigenvalue weighted by atomic mass is 10.2. The Kier molecular flexibility index (Phi) is 3.55. The van der Waals surface area contributed by atoms with E-state index >= 15 is 0 Å². The molecule has 112 valence electrons. The normalized spacial score (nSPS) is 10.8. The van der Waals surface area contributed by atoms with Gasteiger partial charge in [0.05, 0.1) is 22.6 Å². The molecule has 22 heavy (non-hydrogen) atoms. The minimum Gasteiger partial charge on any atom is -0.485 e. The van der Waals surface area contributed by atoms with Crippen LogP contribution >= 0.6 is 0 Å². The number of nitrogen functional groups attached to an aromatic ring is 2. The Morgan fingerprint density at radius 1 is 1.09 bits per heavy atom. The van der Waals surface area contributed by atoms with Gasteiger partial charge in [-0.1, -0.05) is 18.2 Å². The lowest BCUT2D eigenvalue weighted by Gasteiger charge is -2.10. The van der Waals surface area contributed by atoms with Gasteiger partial charge in [0.1, 0.15) is 18.2 Å². The van der Waals surface area contributed by atoms with Crippen LogP contribution in [0.4, 0.5) is 15.8 Å². The van der Waals surface area contributed by atoms with Crippen molar-refractivity contribution in [2.24, 2.45) is 0 Å². The predicted molar refractivity (Wildman–Crippen MR) is 86.0 cm³/mol. The van der Waals surface area contributed by atoms with Crippen LogP contribution in [-0.4, -0.2) is 4.98 Å². The Labute approximate surface area is 127 Å². The molecule has 0 unspecified atom stereocenters. The average Bonchev–Trinajstić information content (AvgIpc) is 2.50. The van der Waals surface area contributed by atoms with E-state index < -0.39 is 0 Å². The van der Waals surface area contributed by atoms with E-state index in [2.05, 4.69) is 4.98 Å². The molecule has 0 aliphatic carbocycles. The number of aryl methyl sites for hydroxylation is 1. The zero-order chi connectivity index (χ0) is 15.7. The number of anilines is 2. The predicted octanol–water partition coefficient (Wildman–Crippen LogP) is 3.43. The van der Waals surface area contributed by atoms with Crippen LogP contribution in [0.25, 0.3) is 10.9 Å². The van der Waals surface area contributed by atoms with E-state index in [4.69, 9.17) is 16.2 Å². The molecule has 3 aromatic rings. The van der Waals surface area contributed by atoms with Crippen molar-refractivity contribution in [3.8, 4) is 5.75 Å². The summed E-state index contributed by atoms with van der Waals surface area (Å²) in [6.07, 6.45) is 0. The number of nitrogens with zero attached hydrogens (tertiary/aromatic N) is 1. The molecule has 0 radical (unpaired) electrons. The second-order valence-electron chi connectivity index (χ2n) is 5.15. The lowest BCUT2D eigenvalue weighted by Crippen LogP contribution is -2.02. The fourth-order valence-electron chi connectivity index (χ4n) is 2.25. The zero-order valence-corrected chi connectivity index (χ0v) is 12.1. The third-order valence-electron chi connectivity index (χ3n) is 3.48. The first-order valence-corrected chi connectivity index (χ1v) is 6.87. The molecule has 0 saturated carbocycles. The number of nitrogens with two attached hydrogens (primary N) is 2. The summed E-state index contributed by atoms with van der Waals surface area (Å²) in [6.45, 7) is 1.85. The second-order valence-corrected chi connectivity index (χ2v) is 5.15. The third kappa shape index (κ3) is 2.65. The molecule has 5 heteroatoms. The highest BCUT2D eigenvalue weighted by Crippen LogP contribution is 2.26. The summed E-state index contributed by atoms with van der Waals surface area (Å²) in [6, 6.07) is 12.2. The van der Waals surface area contributed by atoms with Gasteiger partial charge in [-0.3, -0.25) is 0 Å². The van der Waals surface area contributed by atoms with Gasteiger partial charge >= 0.3 is 0 Å². The maximum atomic E-state index is 13.6. The van der Waals surface area contributed by atoms with Gasteiger partial charge < -0.3 is 16.2 Å². The number of aromatic nitrogens is 1. The number of ether oxygens (including phenoxy) is 1. The summed E-state index contributed by atoms with van der Waals surface area (Å²) in [5.41, 5.74) is 14.7. The van der Waals surface area contributed by atoms with E-state index in [0.29, 0.717) is 28.4 Å². The van der Waals surface area contributed by atoms with Gasteiger partial charge in [0.25, 0.3) is 0 Å². The summed E-state index contributed by atoms with van der Waals surface area (Å²) in [5.74, 6) is -0.0362. The van der Waals surface area contributed by atoms with Gasteiger partial charge in [-0.25, -0.2) is 9.37 Å². The summed E-state index contributed by atoms with van der Waals surface area (Å²) in [5, 5.41) is 0.963. The van der Waals surface area contributed by atoms with E-state index in [0.717, 1.165) is 10.9 Å². The number of hydrogen-bond acceptors (Lipinski definition) is 4. The van der Waals surface area contributed by atoms with Crippen molar-refractivity contribution in [2.45, 2.75) is 13.5 Å². The van der Waals surface area contributed by atoms with Gasteiger partial charge in [0.15, 0.2) is 0 Å². The van der Waals surface area contributed by atoms with Crippen LogP contribution in [0.3, 0.4) is 0 Å². The Bertz CT molecular complexity index is 849. The minimum absolute atomic E-state index is 0.191. The van der Waals surface area contributed by atoms with Gasteiger partial charge in [-0.15, -0.1) is 0 Å². The minimum atomic E-state index is -0.347. The molecule has 0 aliphatic heterocycles. The average molecular weight is 297 g/mol. The van der Waals surface area contributed by atoms with E-state index in [1.807, 2.05) is 24.3 Å². The van der Waals surface area contributed by atoms with Gasteiger partial charge in [0.2, 0.25) is 0 Å². The highest BCUT2D eigenvalue weighted by molar-refractivity contribution is 5.89. The number of halogens is 1. The topological polar surface area (TPSA) is 74.2 Å². The Hall–Kier alpha value is -2.82. The molecule has 4 nitrogen and oxygen atoms in total. The number of rotatable bonds is 3. The number of benzene rings is 2. The number of fused-ring (bicyclic) bond motifs is 1. The van der Waals surface area contributed by atoms with Crippen LogP contribution in [0.2, 0.25) is 0 Å². The van der Waals surface area contributed by atoms with E-state index in [1.165, 1.54) is 6.07 Å². The van der Waals surface area contributed by atoms with Crippen LogP contribution in [0.1, 0.15) is 11.3 Å². The van der Waals surface area contributed by atoms with Crippen LogP contribution in [0.15, 0.2) is 42.5 Å². The highest BCUT2D eigenvalue weighted by Gasteiger charge is 2.07. The fourth-order valence-corrected chi connectivity index (χ4v) is 2.25. The fraction of sp³-hybridized carbons (Fsp3) is 0.118. The molecule has 0 atom stereocenters. The van der Waals surface area contributed by atoms with Crippen molar-refractivity contribution in [1.82, 2.24) is 4.98 Å². The van der Waals surface area contributed by atoms with Gasteiger partial charge in [0, 0.05) is 11.5 Å². The van der Waals surface area contributed by atoms with Crippen LogP contribution in [-0.2, 0) is 6.61 Å². The second kappa shape index (κ2) is 5.52. The first kappa shape index (κ1) is 14.1. The third-order valence-corrected chi connectivity index (χ3v) is 3.48. The van der Waals surface area contributed by atoms with Gasteiger partial charge in [-0.2, -0.15) is 0 Å². The van der Waals surface area contributed by atoms with E-state index in [1.54, 1.807) is 19.1 Å². The van der Waals surface area contributed by atoms with Crippen LogP contribution in [0, 0.1) is 12.7 Å². The molecular weight excluding hydrogens is 281 g/mol. The summed E-state index contributed by atoms with van der Waals surface area (Å²) in [7, 11) is 0. The molecule has 2 aromatic carbocycles. The maximum absolute atomic E-state index is 13.6. The van der Waals surface area contributed by atoms with Crippen molar-refractivity contribution in [1.29, 1.82) is 0 Å². The molecule has 0 fully saturated rings.